The second-order valence-electron chi connectivity index (χ2n) is 6.48. The molecule has 27 heavy (non-hydrogen) atoms. The van der Waals surface area contributed by atoms with Gasteiger partial charge in [0, 0.05) is 44.2 Å². The van der Waals surface area contributed by atoms with E-state index >= 15 is 0 Å². The average molecular weight is 391 g/mol. The van der Waals surface area contributed by atoms with E-state index in [1.54, 1.807) is 18.2 Å². The number of piperazine rings is 1. The summed E-state index contributed by atoms with van der Waals surface area (Å²) in [7, 11) is 2.10. The highest BCUT2D eigenvalue weighted by Gasteiger charge is 2.18. The van der Waals surface area contributed by atoms with Crippen LogP contribution in [0.2, 0.25) is 5.02 Å². The van der Waals surface area contributed by atoms with E-state index in [2.05, 4.69) is 27.5 Å². The average Bonchev–Trinajstić information content (AvgIpc) is 3.17. The highest BCUT2D eigenvalue weighted by Crippen LogP contribution is 2.30. The Morgan fingerprint density at radius 3 is 2.67 bits per heavy atom. The van der Waals surface area contributed by atoms with E-state index in [-0.39, 0.29) is 30.5 Å². The lowest BCUT2D eigenvalue weighted by molar-refractivity contribution is -0.116. The van der Waals surface area contributed by atoms with Gasteiger partial charge in [-0.05, 0) is 37.4 Å². The summed E-state index contributed by atoms with van der Waals surface area (Å²) in [6.07, 6.45) is 1.59. The van der Waals surface area contributed by atoms with Crippen molar-refractivity contribution in [2.24, 2.45) is 0 Å². The number of nitrogens with one attached hydrogen (secondary N) is 2. The number of hydrogen-bond donors (Lipinski definition) is 2. The maximum absolute atomic E-state index is 12.3. The Bertz CT molecular complexity index is 786. The number of carbonyl (C=O) groups is 2. The van der Waals surface area contributed by atoms with Crippen molar-refractivity contribution < 1.29 is 14.0 Å². The second kappa shape index (κ2) is 8.92. The van der Waals surface area contributed by atoms with Crippen LogP contribution in [-0.4, -0.2) is 56.5 Å². The van der Waals surface area contributed by atoms with Gasteiger partial charge in [0.15, 0.2) is 5.76 Å². The molecule has 0 radical (unpaired) electrons. The number of halogens is 1. The van der Waals surface area contributed by atoms with Crippen molar-refractivity contribution in [3.8, 4) is 0 Å². The van der Waals surface area contributed by atoms with E-state index in [1.807, 2.05) is 12.1 Å². The minimum Gasteiger partial charge on any atom is -0.459 e. The summed E-state index contributed by atoms with van der Waals surface area (Å²) >= 11 is 6.12. The number of hydrogen-bond acceptors (Lipinski definition) is 5. The molecule has 0 spiro atoms. The Morgan fingerprint density at radius 2 is 1.96 bits per heavy atom. The monoisotopic (exact) mass is 390 g/mol. The van der Waals surface area contributed by atoms with Gasteiger partial charge in [-0.25, -0.2) is 0 Å². The first kappa shape index (κ1) is 19.3. The number of amides is 2. The smallest absolute Gasteiger partial charge is 0.286 e. The Morgan fingerprint density at radius 1 is 1.19 bits per heavy atom. The Hall–Kier alpha value is -2.51. The summed E-state index contributed by atoms with van der Waals surface area (Å²) in [5, 5.41) is 6.14. The summed E-state index contributed by atoms with van der Waals surface area (Å²) < 4.78 is 5.02. The van der Waals surface area contributed by atoms with Crippen LogP contribution in [0, 0.1) is 0 Å². The SMILES string of the molecule is CN1CCN(c2ccc(Cl)cc2NC(=O)CCNC(=O)c2ccco2)CC1. The highest BCUT2D eigenvalue weighted by molar-refractivity contribution is 6.31. The summed E-state index contributed by atoms with van der Waals surface area (Å²) in [6, 6.07) is 8.73. The van der Waals surface area contributed by atoms with Crippen molar-refractivity contribution in [1.82, 2.24) is 10.2 Å². The van der Waals surface area contributed by atoms with Crippen LogP contribution in [0.5, 0.6) is 0 Å². The molecule has 3 rings (SSSR count). The fourth-order valence-corrected chi connectivity index (χ4v) is 3.10. The minimum absolute atomic E-state index is 0.154. The summed E-state index contributed by atoms with van der Waals surface area (Å²) in [5.74, 6) is -0.302. The van der Waals surface area contributed by atoms with E-state index in [0.29, 0.717) is 10.7 Å². The molecule has 1 aliphatic rings. The van der Waals surface area contributed by atoms with Crippen LogP contribution >= 0.6 is 11.6 Å². The third-order valence-electron chi connectivity index (χ3n) is 4.46. The molecule has 0 saturated carbocycles. The molecule has 1 aromatic carbocycles. The molecule has 2 heterocycles. The van der Waals surface area contributed by atoms with Crippen molar-refractivity contribution >= 4 is 34.8 Å². The van der Waals surface area contributed by atoms with Crippen molar-refractivity contribution in [2.45, 2.75) is 6.42 Å². The first-order valence-electron chi connectivity index (χ1n) is 8.87. The first-order valence-corrected chi connectivity index (χ1v) is 9.25. The fourth-order valence-electron chi connectivity index (χ4n) is 2.93. The second-order valence-corrected chi connectivity index (χ2v) is 6.92. The normalized spacial score (nSPS) is 14.8. The zero-order valence-corrected chi connectivity index (χ0v) is 16.0. The molecule has 1 saturated heterocycles. The molecule has 0 bridgehead atoms. The van der Waals surface area contributed by atoms with Gasteiger partial charge in [-0.3, -0.25) is 9.59 Å². The Balaban J connectivity index is 1.56. The third kappa shape index (κ3) is 5.24. The highest BCUT2D eigenvalue weighted by atomic mass is 35.5. The first-order chi connectivity index (χ1) is 13.0. The predicted octanol–water partition coefficient (Wildman–Crippen LogP) is 2.44. The predicted molar refractivity (Wildman–Crippen MR) is 105 cm³/mol. The molecule has 1 aliphatic heterocycles. The van der Waals surface area contributed by atoms with Gasteiger partial charge in [-0.2, -0.15) is 0 Å². The maximum atomic E-state index is 12.3. The molecule has 8 heteroatoms. The standard InChI is InChI=1S/C19H23ClN4O3/c1-23-8-10-24(11-9-23)16-5-4-14(20)13-15(16)22-18(25)6-7-21-19(26)17-3-2-12-27-17/h2-5,12-13H,6-11H2,1H3,(H,21,26)(H,22,25). The largest absolute Gasteiger partial charge is 0.459 e. The lowest BCUT2D eigenvalue weighted by atomic mass is 10.2. The topological polar surface area (TPSA) is 77.8 Å². The minimum atomic E-state index is -0.339. The summed E-state index contributed by atoms with van der Waals surface area (Å²) in [4.78, 5) is 28.6. The van der Waals surface area contributed by atoms with Gasteiger partial charge >= 0.3 is 0 Å². The van der Waals surface area contributed by atoms with E-state index in [1.165, 1.54) is 6.26 Å². The number of furan rings is 1. The Kier molecular flexibility index (Phi) is 6.36. The number of nitrogens with zero attached hydrogens (tertiary/aromatic N) is 2. The third-order valence-corrected chi connectivity index (χ3v) is 4.69. The van der Waals surface area contributed by atoms with E-state index in [4.69, 9.17) is 16.0 Å². The van der Waals surface area contributed by atoms with Gasteiger partial charge < -0.3 is 24.9 Å². The molecular weight excluding hydrogens is 368 g/mol. The van der Waals surface area contributed by atoms with Gasteiger partial charge in [-0.15, -0.1) is 0 Å². The molecule has 0 unspecified atom stereocenters. The molecule has 7 nitrogen and oxygen atoms in total. The maximum Gasteiger partial charge on any atom is 0.286 e. The molecule has 0 atom stereocenters. The van der Waals surface area contributed by atoms with Gasteiger partial charge in [0.05, 0.1) is 17.6 Å². The summed E-state index contributed by atoms with van der Waals surface area (Å²) in [6.45, 7) is 3.93. The molecule has 1 fully saturated rings. The van der Waals surface area contributed by atoms with Crippen molar-refractivity contribution in [3.63, 3.8) is 0 Å². The lowest BCUT2D eigenvalue weighted by Gasteiger charge is -2.35. The van der Waals surface area contributed by atoms with Crippen LogP contribution in [0.25, 0.3) is 0 Å². The van der Waals surface area contributed by atoms with Crippen LogP contribution in [-0.2, 0) is 4.79 Å². The van der Waals surface area contributed by atoms with Crippen LogP contribution < -0.4 is 15.5 Å². The van der Waals surface area contributed by atoms with E-state index in [9.17, 15) is 9.59 Å². The van der Waals surface area contributed by atoms with Crippen molar-refractivity contribution in [1.29, 1.82) is 0 Å². The lowest BCUT2D eigenvalue weighted by Crippen LogP contribution is -2.44. The molecule has 1 aromatic heterocycles. The van der Waals surface area contributed by atoms with Crippen LogP contribution in [0.4, 0.5) is 11.4 Å². The quantitative estimate of drug-likeness (QED) is 0.792. The van der Waals surface area contributed by atoms with Crippen LogP contribution in [0.3, 0.4) is 0 Å². The molecule has 2 amide bonds. The number of benzene rings is 1. The Labute approximate surface area is 163 Å². The van der Waals surface area contributed by atoms with Gasteiger partial charge in [0.25, 0.3) is 5.91 Å². The zero-order valence-electron chi connectivity index (χ0n) is 15.2. The molecule has 2 N–H and O–H groups in total. The molecular formula is C19H23ClN4O3. The van der Waals surface area contributed by atoms with Crippen LogP contribution in [0.15, 0.2) is 41.0 Å². The fraction of sp³-hybridized carbons (Fsp3) is 0.368. The number of rotatable bonds is 6. The number of anilines is 2. The van der Waals surface area contributed by atoms with Crippen molar-refractivity contribution in [3.05, 3.63) is 47.4 Å². The van der Waals surface area contributed by atoms with Crippen LogP contribution in [0.1, 0.15) is 17.0 Å². The molecule has 144 valence electrons. The summed E-state index contributed by atoms with van der Waals surface area (Å²) in [5.41, 5.74) is 1.65. The van der Waals surface area contributed by atoms with Gasteiger partial charge in [0.2, 0.25) is 5.91 Å². The number of carbonyl (C=O) groups excluding carboxylic acids is 2. The van der Waals surface area contributed by atoms with Gasteiger partial charge in [0.1, 0.15) is 0 Å². The van der Waals surface area contributed by atoms with Crippen molar-refractivity contribution in [2.75, 3.05) is 50.0 Å². The van der Waals surface area contributed by atoms with E-state index in [0.717, 1.165) is 31.9 Å². The molecule has 0 aliphatic carbocycles. The van der Waals surface area contributed by atoms with Gasteiger partial charge in [-0.1, -0.05) is 11.6 Å². The van der Waals surface area contributed by atoms with E-state index < -0.39 is 0 Å². The molecule has 2 aromatic rings. The number of likely N-dealkylation sites (N-methyl/N-ethyl adjacent to an activating group) is 1. The zero-order chi connectivity index (χ0) is 19.2.